The van der Waals surface area contributed by atoms with Gasteiger partial charge in [0, 0.05) is 6.07 Å². The molecule has 0 N–H and O–H groups in total. The van der Waals surface area contributed by atoms with Crippen molar-refractivity contribution in [1.82, 2.24) is 4.90 Å². The molecule has 2 aromatic rings. The van der Waals surface area contributed by atoms with Crippen LogP contribution >= 0.6 is 0 Å². The standard InChI is InChI=1S/C17H12N2O6/c1-25-17(22)11-5-2-4-10(8-11)9-18-15(20)12-6-3-7-13(19(23)24)14(12)16(18)21/h2-8H,9H2,1H3. The number of rotatable bonds is 4. The van der Waals surface area contributed by atoms with Gasteiger partial charge >= 0.3 is 5.97 Å². The number of hydrogen-bond acceptors (Lipinski definition) is 6. The Balaban J connectivity index is 1.94. The predicted octanol–water partition coefficient (Wildman–Crippen LogP) is 2.18. The van der Waals surface area contributed by atoms with Crippen LogP contribution in [-0.4, -0.2) is 34.7 Å². The van der Waals surface area contributed by atoms with E-state index in [4.69, 9.17) is 0 Å². The summed E-state index contributed by atoms with van der Waals surface area (Å²) in [7, 11) is 1.25. The number of fused-ring (bicyclic) bond motifs is 1. The van der Waals surface area contributed by atoms with E-state index < -0.39 is 28.4 Å². The number of methoxy groups -OCH3 is 1. The fourth-order valence-corrected chi connectivity index (χ4v) is 2.71. The number of carbonyl (C=O) groups excluding carboxylic acids is 3. The van der Waals surface area contributed by atoms with Gasteiger partial charge in [0.15, 0.2) is 0 Å². The van der Waals surface area contributed by atoms with Gasteiger partial charge < -0.3 is 4.74 Å². The average Bonchev–Trinajstić information content (AvgIpc) is 2.86. The van der Waals surface area contributed by atoms with E-state index in [1.165, 1.54) is 31.4 Å². The lowest BCUT2D eigenvalue weighted by atomic mass is 10.1. The largest absolute Gasteiger partial charge is 0.465 e. The third kappa shape index (κ3) is 2.74. The van der Waals surface area contributed by atoms with Crippen LogP contribution in [0.4, 0.5) is 5.69 Å². The Morgan fingerprint density at radius 3 is 2.56 bits per heavy atom. The van der Waals surface area contributed by atoms with E-state index in [9.17, 15) is 24.5 Å². The van der Waals surface area contributed by atoms with Gasteiger partial charge in [-0.05, 0) is 23.8 Å². The van der Waals surface area contributed by atoms with Gasteiger partial charge in [-0.3, -0.25) is 24.6 Å². The number of ether oxygens (including phenoxy) is 1. The number of nitro groups is 1. The average molecular weight is 340 g/mol. The third-order valence-corrected chi connectivity index (χ3v) is 3.86. The summed E-state index contributed by atoms with van der Waals surface area (Å²) < 4.78 is 4.63. The molecule has 0 aromatic heterocycles. The molecule has 0 fully saturated rings. The zero-order valence-electron chi connectivity index (χ0n) is 13.1. The molecule has 0 spiro atoms. The van der Waals surface area contributed by atoms with Crippen LogP contribution in [0, 0.1) is 10.1 Å². The first kappa shape index (κ1) is 16.3. The molecule has 25 heavy (non-hydrogen) atoms. The Morgan fingerprint density at radius 1 is 1.16 bits per heavy atom. The van der Waals surface area contributed by atoms with E-state index in [1.807, 2.05) is 0 Å². The van der Waals surface area contributed by atoms with E-state index in [0.717, 1.165) is 4.90 Å². The maximum Gasteiger partial charge on any atom is 0.337 e. The van der Waals surface area contributed by atoms with Crippen LogP contribution < -0.4 is 0 Å². The Kier molecular flexibility index (Phi) is 4.02. The van der Waals surface area contributed by atoms with Crippen molar-refractivity contribution >= 4 is 23.5 Å². The zero-order chi connectivity index (χ0) is 18.1. The first-order chi connectivity index (χ1) is 11.9. The van der Waals surface area contributed by atoms with Gasteiger partial charge in [0.05, 0.1) is 29.7 Å². The number of nitro benzene ring substituents is 1. The van der Waals surface area contributed by atoms with E-state index >= 15 is 0 Å². The summed E-state index contributed by atoms with van der Waals surface area (Å²) in [6.45, 7) is -0.103. The molecule has 2 amide bonds. The van der Waals surface area contributed by atoms with Crippen molar-refractivity contribution in [2.75, 3.05) is 7.11 Å². The molecule has 1 aliphatic heterocycles. The summed E-state index contributed by atoms with van der Waals surface area (Å²) >= 11 is 0. The summed E-state index contributed by atoms with van der Waals surface area (Å²) in [4.78, 5) is 47.9. The minimum Gasteiger partial charge on any atom is -0.465 e. The first-order valence-corrected chi connectivity index (χ1v) is 7.25. The van der Waals surface area contributed by atoms with Crippen LogP contribution in [0.15, 0.2) is 42.5 Å². The number of hydrogen-bond donors (Lipinski definition) is 0. The molecule has 8 nitrogen and oxygen atoms in total. The predicted molar refractivity (Wildman–Crippen MR) is 85.1 cm³/mol. The summed E-state index contributed by atoms with van der Waals surface area (Å²) in [5.41, 5.74) is 0.203. The number of carbonyl (C=O) groups is 3. The normalized spacial score (nSPS) is 12.9. The molecule has 0 radical (unpaired) electrons. The highest BCUT2D eigenvalue weighted by Crippen LogP contribution is 2.31. The second-order valence-corrected chi connectivity index (χ2v) is 5.35. The summed E-state index contributed by atoms with van der Waals surface area (Å²) in [6, 6.07) is 10.2. The third-order valence-electron chi connectivity index (χ3n) is 3.86. The molecular formula is C17H12N2O6. The number of imide groups is 1. The van der Waals surface area contributed by atoms with E-state index in [1.54, 1.807) is 18.2 Å². The Morgan fingerprint density at radius 2 is 1.88 bits per heavy atom. The molecule has 0 bridgehead atoms. The van der Waals surface area contributed by atoms with Crippen molar-refractivity contribution in [3.05, 3.63) is 74.8 Å². The molecule has 1 aliphatic rings. The smallest absolute Gasteiger partial charge is 0.337 e. The summed E-state index contributed by atoms with van der Waals surface area (Å²) in [5.74, 6) is -1.87. The molecule has 3 rings (SSSR count). The lowest BCUT2D eigenvalue weighted by Crippen LogP contribution is -2.29. The first-order valence-electron chi connectivity index (χ1n) is 7.25. The molecule has 126 valence electrons. The SMILES string of the molecule is COC(=O)c1cccc(CN2C(=O)c3cccc([N+](=O)[O-])c3C2=O)c1. The molecule has 0 unspecified atom stereocenters. The Hall–Kier alpha value is -3.55. The maximum atomic E-state index is 12.5. The van der Waals surface area contributed by atoms with Crippen LogP contribution in [0.3, 0.4) is 0 Å². The Labute approximate surface area is 141 Å². The second kappa shape index (κ2) is 6.16. The number of esters is 1. The second-order valence-electron chi connectivity index (χ2n) is 5.35. The Bertz CT molecular complexity index is 921. The highest BCUT2D eigenvalue weighted by Gasteiger charge is 2.40. The van der Waals surface area contributed by atoms with Crippen LogP contribution in [0.2, 0.25) is 0 Å². The van der Waals surface area contributed by atoms with Crippen molar-refractivity contribution in [3.8, 4) is 0 Å². The molecular weight excluding hydrogens is 328 g/mol. The topological polar surface area (TPSA) is 107 Å². The monoisotopic (exact) mass is 340 g/mol. The van der Waals surface area contributed by atoms with Crippen molar-refractivity contribution in [1.29, 1.82) is 0 Å². The molecule has 0 saturated heterocycles. The molecule has 0 saturated carbocycles. The lowest BCUT2D eigenvalue weighted by molar-refractivity contribution is -0.385. The molecule has 8 heteroatoms. The molecule has 1 heterocycles. The summed E-state index contributed by atoms with van der Waals surface area (Å²) in [5, 5.41) is 11.1. The number of amides is 2. The van der Waals surface area contributed by atoms with Crippen molar-refractivity contribution in [3.63, 3.8) is 0 Å². The van der Waals surface area contributed by atoms with Gasteiger partial charge in [0.25, 0.3) is 17.5 Å². The molecule has 2 aromatic carbocycles. The molecule has 0 atom stereocenters. The van der Waals surface area contributed by atoms with Crippen molar-refractivity contribution < 1.29 is 24.0 Å². The van der Waals surface area contributed by atoms with Crippen LogP contribution in [0.1, 0.15) is 36.6 Å². The van der Waals surface area contributed by atoms with Gasteiger partial charge in [-0.15, -0.1) is 0 Å². The van der Waals surface area contributed by atoms with Gasteiger partial charge in [0.2, 0.25) is 0 Å². The minimum atomic E-state index is -0.726. The van der Waals surface area contributed by atoms with Crippen LogP contribution in [-0.2, 0) is 11.3 Å². The zero-order valence-corrected chi connectivity index (χ0v) is 13.1. The van der Waals surface area contributed by atoms with Gasteiger partial charge in [-0.25, -0.2) is 4.79 Å². The van der Waals surface area contributed by atoms with Gasteiger partial charge in [0.1, 0.15) is 5.56 Å². The summed E-state index contributed by atoms with van der Waals surface area (Å²) in [6.07, 6.45) is 0. The highest BCUT2D eigenvalue weighted by atomic mass is 16.6. The lowest BCUT2D eigenvalue weighted by Gasteiger charge is -2.14. The number of nitrogens with zero attached hydrogens (tertiary/aromatic N) is 2. The van der Waals surface area contributed by atoms with Crippen molar-refractivity contribution in [2.45, 2.75) is 6.54 Å². The van der Waals surface area contributed by atoms with Crippen LogP contribution in [0.25, 0.3) is 0 Å². The quantitative estimate of drug-likeness (QED) is 0.365. The highest BCUT2D eigenvalue weighted by molar-refractivity contribution is 6.23. The van der Waals surface area contributed by atoms with Crippen molar-refractivity contribution in [2.24, 2.45) is 0 Å². The van der Waals surface area contributed by atoms with E-state index in [0.29, 0.717) is 5.56 Å². The van der Waals surface area contributed by atoms with Crippen LogP contribution in [0.5, 0.6) is 0 Å². The van der Waals surface area contributed by atoms with Gasteiger partial charge in [-0.1, -0.05) is 18.2 Å². The van der Waals surface area contributed by atoms with Gasteiger partial charge in [-0.2, -0.15) is 0 Å². The van der Waals surface area contributed by atoms with E-state index in [-0.39, 0.29) is 23.2 Å². The molecule has 0 aliphatic carbocycles. The van der Waals surface area contributed by atoms with E-state index in [2.05, 4.69) is 4.74 Å². The fourth-order valence-electron chi connectivity index (χ4n) is 2.71. The minimum absolute atomic E-state index is 0.00308. The fraction of sp³-hybridized carbons (Fsp3) is 0.118. The maximum absolute atomic E-state index is 12.5. The number of benzene rings is 2.